The maximum atomic E-state index is 14.0. The number of piperazine rings is 1. The van der Waals surface area contributed by atoms with E-state index in [1.165, 1.54) is 6.07 Å². The van der Waals surface area contributed by atoms with E-state index in [-0.39, 0.29) is 5.82 Å². The van der Waals surface area contributed by atoms with E-state index < -0.39 is 0 Å². The molecule has 26 heavy (non-hydrogen) atoms. The molecule has 0 atom stereocenters. The van der Waals surface area contributed by atoms with Crippen molar-refractivity contribution in [3.05, 3.63) is 48.0 Å². The molecule has 140 valence electrons. The largest absolute Gasteiger partial charge is 0.366 e. The molecule has 1 fully saturated rings. The third-order valence-electron chi connectivity index (χ3n) is 4.46. The zero-order valence-corrected chi connectivity index (χ0v) is 15.5. The Morgan fingerprint density at radius 2 is 2.00 bits per heavy atom. The van der Waals surface area contributed by atoms with Crippen molar-refractivity contribution in [3.8, 4) is 0 Å². The summed E-state index contributed by atoms with van der Waals surface area (Å²) in [4.78, 5) is 9.08. The Kier molecular flexibility index (Phi) is 6.09. The van der Waals surface area contributed by atoms with Crippen LogP contribution in [0.15, 0.2) is 41.7 Å². The minimum atomic E-state index is -0.156. The molecule has 0 amide bonds. The lowest BCUT2D eigenvalue weighted by Gasteiger charge is -2.37. The van der Waals surface area contributed by atoms with E-state index >= 15 is 0 Å². The van der Waals surface area contributed by atoms with Crippen molar-refractivity contribution in [1.82, 2.24) is 20.0 Å². The maximum Gasteiger partial charge on any atom is 0.194 e. The van der Waals surface area contributed by atoms with Crippen LogP contribution < -0.4 is 10.2 Å². The summed E-state index contributed by atoms with van der Waals surface area (Å²) in [6.45, 7) is 9.57. The molecule has 1 aliphatic heterocycles. The van der Waals surface area contributed by atoms with Crippen LogP contribution in [0.25, 0.3) is 0 Å². The summed E-state index contributed by atoms with van der Waals surface area (Å²) in [5.74, 6) is 0.764. The number of aryl methyl sites for hydroxylation is 1. The Morgan fingerprint density at radius 1 is 1.23 bits per heavy atom. The summed E-state index contributed by atoms with van der Waals surface area (Å²) in [7, 11) is 0. The average Bonchev–Trinajstić information content (AvgIpc) is 3.07. The van der Waals surface area contributed by atoms with Gasteiger partial charge in [-0.15, -0.1) is 0 Å². The van der Waals surface area contributed by atoms with Gasteiger partial charge in [-0.25, -0.2) is 4.39 Å². The minimum absolute atomic E-state index is 0.156. The second-order valence-electron chi connectivity index (χ2n) is 6.44. The second kappa shape index (κ2) is 8.69. The molecule has 0 spiro atoms. The summed E-state index contributed by atoms with van der Waals surface area (Å²) in [5.41, 5.74) is 1.84. The predicted octanol–water partition coefficient (Wildman–Crippen LogP) is 2.12. The second-order valence-corrected chi connectivity index (χ2v) is 6.44. The Balaban J connectivity index is 1.57. The minimum Gasteiger partial charge on any atom is -0.366 e. The highest BCUT2D eigenvalue weighted by atomic mass is 19.1. The highest BCUT2D eigenvalue weighted by Crippen LogP contribution is 2.20. The highest BCUT2D eigenvalue weighted by molar-refractivity contribution is 5.80. The summed E-state index contributed by atoms with van der Waals surface area (Å²) in [5, 5.41) is 7.66. The number of nitrogens with zero attached hydrogens (tertiary/aromatic N) is 5. The van der Waals surface area contributed by atoms with Crippen LogP contribution >= 0.6 is 0 Å². The number of benzene rings is 1. The number of para-hydroxylation sites is 1. The number of hydrogen-bond acceptors (Lipinski definition) is 3. The van der Waals surface area contributed by atoms with E-state index in [0.717, 1.165) is 50.8 Å². The van der Waals surface area contributed by atoms with Gasteiger partial charge >= 0.3 is 0 Å². The number of nitrogens with one attached hydrogen (secondary N) is 1. The van der Waals surface area contributed by atoms with Gasteiger partial charge in [0, 0.05) is 38.9 Å². The molecule has 0 saturated carbocycles. The molecular weight excluding hydrogens is 331 g/mol. The van der Waals surface area contributed by atoms with E-state index in [2.05, 4.69) is 27.1 Å². The first kappa shape index (κ1) is 18.2. The van der Waals surface area contributed by atoms with Crippen molar-refractivity contribution < 1.29 is 4.39 Å². The molecule has 1 aromatic carbocycles. The number of guanidine groups is 1. The zero-order valence-electron chi connectivity index (χ0n) is 15.5. The first-order chi connectivity index (χ1) is 12.7. The molecule has 0 unspecified atom stereocenters. The van der Waals surface area contributed by atoms with Crippen LogP contribution in [0.1, 0.15) is 12.5 Å². The highest BCUT2D eigenvalue weighted by Gasteiger charge is 2.21. The number of hydrogen-bond donors (Lipinski definition) is 1. The van der Waals surface area contributed by atoms with Gasteiger partial charge in [-0.1, -0.05) is 12.1 Å². The van der Waals surface area contributed by atoms with E-state index in [0.29, 0.717) is 12.2 Å². The fourth-order valence-corrected chi connectivity index (χ4v) is 3.14. The van der Waals surface area contributed by atoms with Gasteiger partial charge in [-0.3, -0.25) is 9.67 Å². The quantitative estimate of drug-likeness (QED) is 0.657. The number of rotatable bonds is 5. The van der Waals surface area contributed by atoms with Crippen LogP contribution in [0.5, 0.6) is 0 Å². The monoisotopic (exact) mass is 358 g/mol. The molecule has 1 N–H and O–H groups in total. The predicted molar refractivity (Wildman–Crippen MR) is 103 cm³/mol. The van der Waals surface area contributed by atoms with Crippen LogP contribution in [0.4, 0.5) is 10.1 Å². The van der Waals surface area contributed by atoms with E-state index in [9.17, 15) is 4.39 Å². The topological polar surface area (TPSA) is 48.7 Å². The van der Waals surface area contributed by atoms with Gasteiger partial charge in [0.2, 0.25) is 0 Å². The van der Waals surface area contributed by atoms with E-state index in [1.807, 2.05) is 36.1 Å². The standard InChI is InChI=1S/C19H27FN6/c1-3-21-19(22-8-9-26-15-16(2)14-23-26)25-12-10-24(11-13-25)18-7-5-4-6-17(18)20/h4-7,14-15H,3,8-13H2,1-2H3,(H,21,22). The molecule has 0 aliphatic carbocycles. The summed E-state index contributed by atoms with van der Waals surface area (Å²) >= 11 is 0. The molecule has 2 aromatic rings. The summed E-state index contributed by atoms with van der Waals surface area (Å²) in [6, 6.07) is 6.97. The number of aromatic nitrogens is 2. The molecule has 2 heterocycles. The summed E-state index contributed by atoms with van der Waals surface area (Å²) in [6.07, 6.45) is 3.88. The van der Waals surface area contributed by atoms with Gasteiger partial charge in [-0.05, 0) is 31.5 Å². The number of aliphatic imine (C=N–C) groups is 1. The van der Waals surface area contributed by atoms with Gasteiger partial charge in [-0.2, -0.15) is 5.10 Å². The van der Waals surface area contributed by atoms with Gasteiger partial charge in [0.05, 0.1) is 25.0 Å². The Labute approximate surface area is 154 Å². The Morgan fingerprint density at radius 3 is 2.65 bits per heavy atom. The van der Waals surface area contributed by atoms with Crippen LogP contribution in [0, 0.1) is 12.7 Å². The SMILES string of the molecule is CCNC(=NCCn1cc(C)cn1)N1CCN(c2ccccc2F)CC1. The molecule has 6 nitrogen and oxygen atoms in total. The van der Waals surface area contributed by atoms with E-state index in [4.69, 9.17) is 4.99 Å². The average molecular weight is 358 g/mol. The van der Waals surface area contributed by atoms with Crippen molar-refractivity contribution in [1.29, 1.82) is 0 Å². The van der Waals surface area contributed by atoms with Crippen molar-refractivity contribution >= 4 is 11.6 Å². The van der Waals surface area contributed by atoms with Crippen molar-refractivity contribution in [2.24, 2.45) is 4.99 Å². The molecular formula is C19H27FN6. The molecule has 1 saturated heterocycles. The molecule has 1 aliphatic rings. The van der Waals surface area contributed by atoms with Crippen LogP contribution in [0.3, 0.4) is 0 Å². The lowest BCUT2D eigenvalue weighted by Crippen LogP contribution is -2.52. The normalized spacial score (nSPS) is 15.4. The smallest absolute Gasteiger partial charge is 0.194 e. The Bertz CT molecular complexity index is 733. The molecule has 0 bridgehead atoms. The van der Waals surface area contributed by atoms with Gasteiger partial charge in [0.1, 0.15) is 5.82 Å². The van der Waals surface area contributed by atoms with Gasteiger partial charge < -0.3 is 15.1 Å². The third kappa shape index (κ3) is 4.53. The summed E-state index contributed by atoms with van der Waals surface area (Å²) < 4.78 is 15.9. The van der Waals surface area contributed by atoms with Gasteiger partial charge in [0.15, 0.2) is 5.96 Å². The molecule has 1 aromatic heterocycles. The van der Waals surface area contributed by atoms with Gasteiger partial charge in [0.25, 0.3) is 0 Å². The van der Waals surface area contributed by atoms with Crippen molar-refractivity contribution in [2.75, 3.05) is 44.2 Å². The number of halogens is 1. The fraction of sp³-hybridized carbons (Fsp3) is 0.474. The van der Waals surface area contributed by atoms with Crippen LogP contribution in [-0.2, 0) is 6.54 Å². The molecule has 3 rings (SSSR count). The fourth-order valence-electron chi connectivity index (χ4n) is 3.14. The van der Waals surface area contributed by atoms with Crippen molar-refractivity contribution in [3.63, 3.8) is 0 Å². The third-order valence-corrected chi connectivity index (χ3v) is 4.46. The lowest BCUT2D eigenvalue weighted by atomic mass is 10.2. The Hall–Kier alpha value is -2.57. The first-order valence-corrected chi connectivity index (χ1v) is 9.19. The zero-order chi connectivity index (χ0) is 18.4. The maximum absolute atomic E-state index is 14.0. The number of anilines is 1. The van der Waals surface area contributed by atoms with Crippen LogP contribution in [-0.4, -0.2) is 59.9 Å². The van der Waals surface area contributed by atoms with Crippen molar-refractivity contribution in [2.45, 2.75) is 20.4 Å². The molecule has 7 heteroatoms. The molecule has 0 radical (unpaired) electrons. The van der Waals surface area contributed by atoms with E-state index in [1.54, 1.807) is 6.07 Å². The first-order valence-electron chi connectivity index (χ1n) is 9.19. The lowest BCUT2D eigenvalue weighted by molar-refractivity contribution is 0.370. The van der Waals surface area contributed by atoms with Crippen LogP contribution in [0.2, 0.25) is 0 Å².